The number of hydrogen-bond donors (Lipinski definition) is 1. The Morgan fingerprint density at radius 1 is 1.30 bits per heavy atom. The van der Waals surface area contributed by atoms with Gasteiger partial charge in [-0.1, -0.05) is 6.07 Å². The van der Waals surface area contributed by atoms with Gasteiger partial charge in [0.15, 0.2) is 6.61 Å². The third kappa shape index (κ3) is 6.17. The first-order valence-electron chi connectivity index (χ1n) is 9.73. The number of benzene rings is 1. The Morgan fingerprint density at radius 2 is 2.06 bits per heavy atom. The van der Waals surface area contributed by atoms with Crippen LogP contribution in [0.3, 0.4) is 0 Å². The normalized spacial score (nSPS) is 14.5. The fraction of sp³-hybridized carbons (Fsp3) is 0.286. The lowest BCUT2D eigenvalue weighted by molar-refractivity contribution is -0.142. The molecule has 12 heteroatoms. The van der Waals surface area contributed by atoms with E-state index in [2.05, 4.69) is 5.32 Å². The number of carbonyl (C=O) groups excluding carboxylic acids is 2. The molecule has 0 bridgehead atoms. The summed E-state index contributed by atoms with van der Waals surface area (Å²) in [5.41, 5.74) is 0.753. The van der Waals surface area contributed by atoms with Crippen molar-refractivity contribution in [3.05, 3.63) is 46.8 Å². The van der Waals surface area contributed by atoms with E-state index in [1.54, 1.807) is 17.5 Å². The predicted molar refractivity (Wildman–Crippen MR) is 120 cm³/mol. The first kappa shape index (κ1) is 24.4. The molecule has 2 heterocycles. The van der Waals surface area contributed by atoms with Crippen LogP contribution >= 0.6 is 11.3 Å². The van der Waals surface area contributed by atoms with Gasteiger partial charge < -0.3 is 19.5 Å². The molecule has 33 heavy (non-hydrogen) atoms. The number of hydrogen-bond acceptors (Lipinski definition) is 9. The molecular formula is C21H21N3O7S2. The Bertz CT molecular complexity index is 1190. The van der Waals surface area contributed by atoms with Crippen LogP contribution in [-0.4, -0.2) is 64.6 Å². The molecule has 3 rings (SSSR count). The number of esters is 1. The Hall–Kier alpha value is -3.24. The molecule has 1 amide bonds. The maximum Gasteiger partial charge on any atom is 0.331 e. The van der Waals surface area contributed by atoms with Crippen molar-refractivity contribution in [1.82, 2.24) is 4.31 Å². The third-order valence-corrected chi connectivity index (χ3v) is 7.32. The first-order valence-corrected chi connectivity index (χ1v) is 12.1. The second-order valence-corrected chi connectivity index (χ2v) is 9.51. The molecule has 0 saturated carbocycles. The number of rotatable bonds is 8. The van der Waals surface area contributed by atoms with Crippen LogP contribution in [0.1, 0.15) is 11.1 Å². The molecule has 174 valence electrons. The van der Waals surface area contributed by atoms with E-state index in [9.17, 15) is 18.0 Å². The van der Waals surface area contributed by atoms with Crippen molar-refractivity contribution in [1.29, 1.82) is 5.26 Å². The number of anilines is 1. The number of ether oxygens (including phenoxy) is 3. The molecular weight excluding hydrogens is 470 g/mol. The summed E-state index contributed by atoms with van der Waals surface area (Å²) < 4.78 is 42.7. The molecule has 0 aliphatic carbocycles. The smallest absolute Gasteiger partial charge is 0.331 e. The van der Waals surface area contributed by atoms with Gasteiger partial charge in [-0.05, 0) is 35.2 Å². The predicted octanol–water partition coefficient (Wildman–Crippen LogP) is 1.84. The van der Waals surface area contributed by atoms with Crippen molar-refractivity contribution >= 4 is 44.3 Å². The number of amides is 1. The average molecular weight is 492 g/mol. The first-order chi connectivity index (χ1) is 15.8. The summed E-state index contributed by atoms with van der Waals surface area (Å²) in [5.74, 6) is -1.19. The van der Waals surface area contributed by atoms with Crippen LogP contribution in [0.15, 0.2) is 40.6 Å². The van der Waals surface area contributed by atoms with Gasteiger partial charge >= 0.3 is 5.97 Å². The molecule has 1 saturated heterocycles. The van der Waals surface area contributed by atoms with E-state index in [4.69, 9.17) is 19.5 Å². The van der Waals surface area contributed by atoms with E-state index in [0.29, 0.717) is 29.3 Å². The molecule has 1 fully saturated rings. The average Bonchev–Trinajstić information content (AvgIpc) is 3.28. The van der Waals surface area contributed by atoms with Crippen molar-refractivity contribution in [2.24, 2.45) is 0 Å². The number of sulfonamides is 1. The zero-order valence-corrected chi connectivity index (χ0v) is 19.3. The molecule has 2 aromatic rings. The van der Waals surface area contributed by atoms with Crippen LogP contribution in [0.25, 0.3) is 6.08 Å². The Balaban J connectivity index is 1.64. The van der Waals surface area contributed by atoms with Crippen LogP contribution < -0.4 is 10.1 Å². The van der Waals surface area contributed by atoms with Gasteiger partial charge in [0.2, 0.25) is 10.0 Å². The van der Waals surface area contributed by atoms with E-state index < -0.39 is 28.5 Å². The largest absolute Gasteiger partial charge is 0.495 e. The fourth-order valence-corrected chi connectivity index (χ4v) is 5.28. The summed E-state index contributed by atoms with van der Waals surface area (Å²) >= 11 is 1.18. The van der Waals surface area contributed by atoms with Crippen LogP contribution in [0, 0.1) is 11.3 Å². The van der Waals surface area contributed by atoms with Crippen molar-refractivity contribution in [2.45, 2.75) is 4.90 Å². The quantitative estimate of drug-likeness (QED) is 0.437. The molecule has 1 aliphatic heterocycles. The minimum Gasteiger partial charge on any atom is -0.495 e. The number of nitriles is 1. The van der Waals surface area contributed by atoms with E-state index in [1.165, 1.54) is 41.0 Å². The highest BCUT2D eigenvalue weighted by atomic mass is 32.2. The van der Waals surface area contributed by atoms with Gasteiger partial charge in [-0.25, -0.2) is 13.2 Å². The van der Waals surface area contributed by atoms with E-state index in [0.717, 1.165) is 6.08 Å². The van der Waals surface area contributed by atoms with Crippen LogP contribution in [-0.2, 0) is 29.1 Å². The van der Waals surface area contributed by atoms with Crippen LogP contribution in [0.2, 0.25) is 0 Å². The second kappa shape index (κ2) is 11.1. The van der Waals surface area contributed by atoms with E-state index in [1.807, 2.05) is 6.07 Å². The van der Waals surface area contributed by atoms with Gasteiger partial charge in [0, 0.05) is 19.2 Å². The zero-order chi connectivity index (χ0) is 23.8. The number of carbonyl (C=O) groups is 2. The molecule has 1 N–H and O–H groups in total. The Morgan fingerprint density at radius 3 is 2.76 bits per heavy atom. The van der Waals surface area contributed by atoms with Crippen molar-refractivity contribution in [2.75, 3.05) is 45.3 Å². The molecule has 0 atom stereocenters. The van der Waals surface area contributed by atoms with Gasteiger partial charge in [0.05, 0.1) is 25.9 Å². The minimum atomic E-state index is -3.81. The Labute approximate surface area is 195 Å². The molecule has 0 spiro atoms. The lowest BCUT2D eigenvalue weighted by atomic mass is 10.2. The standard InChI is InChI=1S/C21H21N3O7S2/c1-29-17-4-2-15(12-18(17)33(27,28)24-7-9-30-10-8-24)3-5-20(26)31-14-19(25)23-21-16(13-22)6-11-32-21/h2-6,11-12H,7-10,14H2,1H3,(H,23,25)/b5-3+. The summed E-state index contributed by atoms with van der Waals surface area (Å²) in [6.45, 7) is 0.559. The van der Waals surface area contributed by atoms with Crippen molar-refractivity contribution < 1.29 is 32.2 Å². The SMILES string of the molecule is COc1ccc(/C=C/C(=O)OCC(=O)Nc2sccc2C#N)cc1S(=O)(=O)N1CCOCC1. The molecule has 1 aliphatic rings. The molecule has 0 unspecified atom stereocenters. The fourth-order valence-electron chi connectivity index (χ4n) is 2.93. The molecule has 1 aromatic carbocycles. The maximum absolute atomic E-state index is 13.0. The highest BCUT2D eigenvalue weighted by Crippen LogP contribution is 2.29. The lowest BCUT2D eigenvalue weighted by Crippen LogP contribution is -2.40. The topological polar surface area (TPSA) is 135 Å². The summed E-state index contributed by atoms with van der Waals surface area (Å²) in [7, 11) is -2.44. The van der Waals surface area contributed by atoms with Gasteiger partial charge in [0.1, 0.15) is 21.7 Å². The van der Waals surface area contributed by atoms with Gasteiger partial charge in [-0.2, -0.15) is 9.57 Å². The van der Waals surface area contributed by atoms with Crippen molar-refractivity contribution in [3.63, 3.8) is 0 Å². The van der Waals surface area contributed by atoms with E-state index in [-0.39, 0.29) is 23.7 Å². The summed E-state index contributed by atoms with van der Waals surface area (Å²) in [6.07, 6.45) is 2.47. The summed E-state index contributed by atoms with van der Waals surface area (Å²) in [5, 5.41) is 13.5. The monoisotopic (exact) mass is 491 g/mol. The number of nitrogens with one attached hydrogen (secondary N) is 1. The molecule has 10 nitrogen and oxygen atoms in total. The highest BCUT2D eigenvalue weighted by molar-refractivity contribution is 7.89. The number of nitrogens with zero attached hydrogens (tertiary/aromatic N) is 2. The molecule has 0 radical (unpaired) electrons. The van der Waals surface area contributed by atoms with Crippen LogP contribution in [0.4, 0.5) is 5.00 Å². The van der Waals surface area contributed by atoms with E-state index >= 15 is 0 Å². The van der Waals surface area contributed by atoms with Gasteiger partial charge in [-0.15, -0.1) is 11.3 Å². The lowest BCUT2D eigenvalue weighted by Gasteiger charge is -2.26. The number of thiophene rings is 1. The van der Waals surface area contributed by atoms with Gasteiger partial charge in [-0.3, -0.25) is 4.79 Å². The highest BCUT2D eigenvalue weighted by Gasteiger charge is 2.29. The minimum absolute atomic E-state index is 0.0222. The zero-order valence-electron chi connectivity index (χ0n) is 17.6. The van der Waals surface area contributed by atoms with Crippen molar-refractivity contribution in [3.8, 4) is 11.8 Å². The Kier molecular flexibility index (Phi) is 8.18. The molecule has 1 aromatic heterocycles. The van der Waals surface area contributed by atoms with Crippen LogP contribution in [0.5, 0.6) is 5.75 Å². The second-order valence-electron chi connectivity index (χ2n) is 6.69. The summed E-state index contributed by atoms with van der Waals surface area (Å²) in [6, 6.07) is 8.00. The third-order valence-electron chi connectivity index (χ3n) is 4.57. The number of methoxy groups -OCH3 is 1. The van der Waals surface area contributed by atoms with Gasteiger partial charge in [0.25, 0.3) is 5.91 Å². The summed E-state index contributed by atoms with van der Waals surface area (Å²) in [4.78, 5) is 23.9. The maximum atomic E-state index is 13.0. The number of morpholine rings is 1.